The molecule has 10 heavy (non-hydrogen) atoms. The molecule has 0 aliphatic carbocycles. The molecule has 1 aromatic rings. The van der Waals surface area contributed by atoms with E-state index >= 15 is 0 Å². The quantitative estimate of drug-likeness (QED) is 0.419. The number of hydrogen-bond donors (Lipinski definition) is 0. The van der Waals surface area contributed by atoms with E-state index in [1.54, 1.807) is 0 Å². The number of nitrogens with zero attached hydrogens (tertiary/aromatic N) is 2. The first-order valence-corrected chi connectivity index (χ1v) is 5.22. The topological polar surface area (TPSA) is 25.9 Å². The minimum absolute atomic E-state index is 0.761. The second kappa shape index (κ2) is 1.54. The highest BCUT2D eigenvalue weighted by Gasteiger charge is 2.57. The summed E-state index contributed by atoms with van der Waals surface area (Å²) in [5.41, 5.74) is 1.01. The molecule has 2 heterocycles. The second-order valence-corrected chi connectivity index (χ2v) is 5.44. The maximum atomic E-state index is 11.6. The number of imidazole rings is 1. The molecule has 0 radical (unpaired) electrons. The number of aromatic nitrogens is 2. The van der Waals surface area contributed by atoms with E-state index in [0.717, 1.165) is 11.7 Å². The van der Waals surface area contributed by atoms with Gasteiger partial charge in [-0.25, -0.2) is 4.57 Å². The second-order valence-electron chi connectivity index (χ2n) is 2.57. The van der Waals surface area contributed by atoms with Crippen LogP contribution in [0.5, 0.6) is 0 Å². The minimum Gasteiger partial charge on any atom is -0.260 e. The van der Waals surface area contributed by atoms with Crippen LogP contribution in [0.3, 0.4) is 0 Å². The highest BCUT2D eigenvalue weighted by molar-refractivity contribution is 7.76. The van der Waals surface area contributed by atoms with Crippen LogP contribution in [0.15, 0.2) is 12.4 Å². The maximum absolute atomic E-state index is 11.6. The molecule has 0 spiro atoms. The molecule has 1 aliphatic heterocycles. The Morgan fingerprint density at radius 3 is 2.80 bits per heavy atom. The van der Waals surface area contributed by atoms with Crippen LogP contribution in [0.4, 0.5) is 0 Å². The molecule has 1 aromatic heterocycles. The SMILES string of the molecule is CCP1(=O)c2n1cc[n+]2C. The van der Waals surface area contributed by atoms with E-state index in [4.69, 9.17) is 0 Å². The standard InChI is InChI=1S/C6H10N2OP/c1-3-10(9)6-7(2)4-5-8(6)10/h4-5H,3H2,1-2H3/q+1. The van der Waals surface area contributed by atoms with Crippen LogP contribution in [0.1, 0.15) is 6.92 Å². The molecule has 0 N–H and O–H groups in total. The van der Waals surface area contributed by atoms with Gasteiger partial charge in [0.05, 0.1) is 7.05 Å². The molecule has 0 aromatic carbocycles. The van der Waals surface area contributed by atoms with Crippen LogP contribution in [-0.2, 0) is 11.6 Å². The number of aryl methyl sites for hydroxylation is 1. The monoisotopic (exact) mass is 157 g/mol. The Bertz CT molecular complexity index is 328. The van der Waals surface area contributed by atoms with E-state index in [9.17, 15) is 4.57 Å². The molecular weight excluding hydrogens is 147 g/mol. The van der Waals surface area contributed by atoms with Gasteiger partial charge in [0.1, 0.15) is 12.4 Å². The summed E-state index contributed by atoms with van der Waals surface area (Å²) < 4.78 is 15.5. The summed E-state index contributed by atoms with van der Waals surface area (Å²) >= 11 is 0. The normalized spacial score (nSPS) is 28.2. The van der Waals surface area contributed by atoms with Gasteiger partial charge in [-0.05, 0) is 0 Å². The molecule has 1 unspecified atom stereocenters. The third kappa shape index (κ3) is 0.477. The molecule has 3 nitrogen and oxygen atoms in total. The van der Waals surface area contributed by atoms with Crippen molar-refractivity contribution in [1.82, 2.24) is 4.34 Å². The van der Waals surface area contributed by atoms with Crippen molar-refractivity contribution in [2.24, 2.45) is 7.05 Å². The first kappa shape index (κ1) is 6.17. The fourth-order valence-electron chi connectivity index (χ4n) is 1.34. The van der Waals surface area contributed by atoms with Gasteiger partial charge in [0.2, 0.25) is 0 Å². The lowest BCUT2D eigenvalue weighted by atomic mass is 10.9. The van der Waals surface area contributed by atoms with Gasteiger partial charge < -0.3 is 0 Å². The highest BCUT2D eigenvalue weighted by Crippen LogP contribution is 2.55. The number of fused-ring (bicyclic) bond motifs is 1. The lowest BCUT2D eigenvalue weighted by molar-refractivity contribution is -0.650. The van der Waals surface area contributed by atoms with Crippen molar-refractivity contribution in [2.75, 3.05) is 6.16 Å². The largest absolute Gasteiger partial charge is 0.363 e. The van der Waals surface area contributed by atoms with Crippen LogP contribution >= 0.6 is 7.29 Å². The molecule has 54 valence electrons. The van der Waals surface area contributed by atoms with Gasteiger partial charge >= 0.3 is 12.9 Å². The van der Waals surface area contributed by atoms with Gasteiger partial charge in [-0.1, -0.05) is 6.92 Å². The predicted molar refractivity (Wildman–Crippen MR) is 38.8 cm³/mol. The Kier molecular flexibility index (Phi) is 0.948. The summed E-state index contributed by atoms with van der Waals surface area (Å²) in [6.07, 6.45) is 4.58. The zero-order valence-electron chi connectivity index (χ0n) is 6.11. The van der Waals surface area contributed by atoms with E-state index < -0.39 is 7.29 Å². The van der Waals surface area contributed by atoms with Crippen molar-refractivity contribution < 1.29 is 9.13 Å². The van der Waals surface area contributed by atoms with Gasteiger partial charge in [0, 0.05) is 6.16 Å². The van der Waals surface area contributed by atoms with Gasteiger partial charge in [-0.15, -0.1) is 0 Å². The Morgan fingerprint density at radius 2 is 2.50 bits per heavy atom. The number of rotatable bonds is 1. The first-order valence-electron chi connectivity index (χ1n) is 3.37. The van der Waals surface area contributed by atoms with Crippen molar-refractivity contribution in [3.63, 3.8) is 0 Å². The lowest BCUT2D eigenvalue weighted by Gasteiger charge is -1.83. The van der Waals surface area contributed by atoms with Crippen molar-refractivity contribution in [3.8, 4) is 0 Å². The average molecular weight is 157 g/mol. The molecule has 1 aliphatic rings. The van der Waals surface area contributed by atoms with Crippen molar-refractivity contribution in [2.45, 2.75) is 6.92 Å². The Morgan fingerprint density at radius 1 is 1.80 bits per heavy atom. The van der Waals surface area contributed by atoms with Gasteiger partial charge in [-0.3, -0.25) is 4.57 Å². The molecule has 0 amide bonds. The summed E-state index contributed by atoms with van der Waals surface area (Å²) in [7, 11) is -0.0463. The predicted octanol–water partition coefficient (Wildman–Crippen LogP) is 0.0976. The molecular formula is C6H10N2OP+. The Hall–Kier alpha value is -0.560. The van der Waals surface area contributed by atoms with Crippen LogP contribution in [-0.4, -0.2) is 10.5 Å². The van der Waals surface area contributed by atoms with Gasteiger partial charge in [0.25, 0.3) is 0 Å². The molecule has 2 rings (SSSR count). The smallest absolute Gasteiger partial charge is 0.260 e. The summed E-state index contributed by atoms with van der Waals surface area (Å²) in [6.45, 7) is 1.97. The van der Waals surface area contributed by atoms with Crippen molar-refractivity contribution in [3.05, 3.63) is 12.4 Å². The Balaban J connectivity index is 2.55. The van der Waals surface area contributed by atoms with Crippen molar-refractivity contribution >= 4 is 12.9 Å². The number of hydrogen-bond acceptors (Lipinski definition) is 1. The van der Waals surface area contributed by atoms with Crippen LogP contribution in [0.2, 0.25) is 0 Å². The van der Waals surface area contributed by atoms with Gasteiger partial charge in [0.15, 0.2) is 0 Å². The average Bonchev–Trinajstić information content (AvgIpc) is 2.28. The molecule has 0 saturated heterocycles. The maximum Gasteiger partial charge on any atom is 0.363 e. The molecule has 0 saturated carbocycles. The summed E-state index contributed by atoms with van der Waals surface area (Å²) in [4.78, 5) is 0. The summed E-state index contributed by atoms with van der Waals surface area (Å²) in [5, 5.41) is 0. The van der Waals surface area contributed by atoms with E-state index in [0.29, 0.717) is 0 Å². The molecule has 4 heteroatoms. The van der Waals surface area contributed by atoms with Crippen LogP contribution < -0.4 is 10.1 Å². The summed E-state index contributed by atoms with van der Waals surface area (Å²) in [5.74, 6) is 0. The van der Waals surface area contributed by atoms with E-state index in [-0.39, 0.29) is 0 Å². The van der Waals surface area contributed by atoms with Crippen LogP contribution in [0, 0.1) is 0 Å². The van der Waals surface area contributed by atoms with E-state index in [1.807, 2.05) is 35.3 Å². The highest BCUT2D eigenvalue weighted by atomic mass is 31.2. The zero-order chi connectivity index (χ0) is 7.35. The molecule has 0 bridgehead atoms. The minimum atomic E-state index is -1.98. The third-order valence-electron chi connectivity index (χ3n) is 2.00. The van der Waals surface area contributed by atoms with E-state index in [2.05, 4.69) is 0 Å². The lowest BCUT2D eigenvalue weighted by Crippen LogP contribution is -2.36. The van der Waals surface area contributed by atoms with Gasteiger partial charge in [-0.2, -0.15) is 4.34 Å². The fraction of sp³-hybridized carbons (Fsp3) is 0.500. The zero-order valence-corrected chi connectivity index (χ0v) is 7.01. The summed E-state index contributed by atoms with van der Waals surface area (Å²) in [6, 6.07) is 0. The fourth-order valence-corrected chi connectivity index (χ4v) is 3.75. The first-order chi connectivity index (χ1) is 4.70. The molecule has 0 fully saturated rings. The van der Waals surface area contributed by atoms with Crippen LogP contribution in [0.25, 0.3) is 0 Å². The third-order valence-corrected chi connectivity index (χ3v) is 4.84. The Labute approximate surface area is 59.7 Å². The molecule has 1 atom stereocenters. The van der Waals surface area contributed by atoms with Crippen molar-refractivity contribution in [1.29, 1.82) is 0 Å². The van der Waals surface area contributed by atoms with E-state index in [1.165, 1.54) is 0 Å².